The van der Waals surface area contributed by atoms with E-state index >= 15 is 0 Å². The lowest BCUT2D eigenvalue weighted by molar-refractivity contribution is -0.155. The van der Waals surface area contributed by atoms with E-state index in [4.69, 9.17) is 10.7 Å². The molecule has 16 heavy (non-hydrogen) atoms. The van der Waals surface area contributed by atoms with Crippen LogP contribution in [-0.2, 0) is 4.79 Å². The van der Waals surface area contributed by atoms with Crippen LogP contribution in [0.25, 0.3) is 10.9 Å². The largest absolute Gasteiger partial charge is 0.359 e. The van der Waals surface area contributed by atoms with Crippen molar-refractivity contribution in [3.05, 3.63) is 36.5 Å². The second-order valence-corrected chi connectivity index (χ2v) is 3.27. The molecule has 0 spiro atoms. The first-order chi connectivity index (χ1) is 7.68. The Labute approximate surface area is 92.4 Å². The van der Waals surface area contributed by atoms with Gasteiger partial charge >= 0.3 is 0 Å². The molecule has 0 aliphatic carbocycles. The molecule has 0 aliphatic rings. The fraction of sp³-hybridized carbons (Fsp3) is 0.0909. The SMILES string of the molecule is CC(=O)N(N)Oc1cccc2cccnc12. The van der Waals surface area contributed by atoms with Crippen molar-refractivity contribution in [2.75, 3.05) is 0 Å². The van der Waals surface area contributed by atoms with E-state index in [-0.39, 0.29) is 5.91 Å². The maximum absolute atomic E-state index is 10.9. The van der Waals surface area contributed by atoms with Crippen LogP contribution in [-0.4, -0.2) is 16.1 Å². The Morgan fingerprint density at radius 3 is 2.88 bits per heavy atom. The van der Waals surface area contributed by atoms with E-state index in [1.54, 1.807) is 12.3 Å². The van der Waals surface area contributed by atoms with Gasteiger partial charge in [-0.15, -0.1) is 5.17 Å². The fourth-order valence-corrected chi connectivity index (χ4v) is 1.32. The van der Waals surface area contributed by atoms with Gasteiger partial charge in [-0.2, -0.15) is 0 Å². The molecule has 0 fully saturated rings. The number of fused-ring (bicyclic) bond motifs is 1. The normalized spacial score (nSPS) is 10.1. The minimum absolute atomic E-state index is 0.382. The molecule has 0 bridgehead atoms. The summed E-state index contributed by atoms with van der Waals surface area (Å²) >= 11 is 0. The molecule has 0 saturated heterocycles. The summed E-state index contributed by atoms with van der Waals surface area (Å²) in [6, 6.07) is 9.16. The Balaban J connectivity index is 2.41. The van der Waals surface area contributed by atoms with Gasteiger partial charge in [-0.25, -0.2) is 5.84 Å². The first-order valence-corrected chi connectivity index (χ1v) is 4.75. The number of nitrogens with two attached hydrogens (primary N) is 1. The van der Waals surface area contributed by atoms with Gasteiger partial charge in [0, 0.05) is 18.5 Å². The Hall–Kier alpha value is -2.14. The smallest absolute Gasteiger partial charge is 0.269 e. The number of benzene rings is 1. The molecular weight excluding hydrogens is 206 g/mol. The first-order valence-electron chi connectivity index (χ1n) is 4.75. The minimum Gasteiger partial charge on any atom is -0.359 e. The van der Waals surface area contributed by atoms with E-state index in [0.29, 0.717) is 16.4 Å². The molecule has 0 saturated carbocycles. The summed E-state index contributed by atoms with van der Waals surface area (Å²) < 4.78 is 0. The van der Waals surface area contributed by atoms with E-state index in [2.05, 4.69) is 4.98 Å². The molecule has 2 aromatic rings. The van der Waals surface area contributed by atoms with E-state index in [0.717, 1.165) is 5.39 Å². The molecule has 82 valence electrons. The van der Waals surface area contributed by atoms with Gasteiger partial charge in [-0.1, -0.05) is 18.2 Å². The molecule has 0 unspecified atom stereocenters. The predicted octanol–water partition coefficient (Wildman–Crippen LogP) is 1.25. The summed E-state index contributed by atoms with van der Waals surface area (Å²) in [4.78, 5) is 20.3. The number of amides is 1. The highest BCUT2D eigenvalue weighted by Crippen LogP contribution is 2.22. The third-order valence-electron chi connectivity index (χ3n) is 2.10. The van der Waals surface area contributed by atoms with Crippen molar-refractivity contribution in [3.8, 4) is 5.75 Å². The number of hydrogen-bond donors (Lipinski definition) is 1. The topological polar surface area (TPSA) is 68.5 Å². The lowest BCUT2D eigenvalue weighted by atomic mass is 10.2. The molecule has 5 nitrogen and oxygen atoms in total. The molecular formula is C11H11N3O2. The summed E-state index contributed by atoms with van der Waals surface area (Å²) in [6.07, 6.45) is 1.66. The van der Waals surface area contributed by atoms with Crippen molar-refractivity contribution < 1.29 is 9.63 Å². The quantitative estimate of drug-likeness (QED) is 0.467. The maximum Gasteiger partial charge on any atom is 0.269 e. The van der Waals surface area contributed by atoms with Crippen molar-refractivity contribution in [1.82, 2.24) is 10.2 Å². The number of para-hydroxylation sites is 1. The molecule has 1 aromatic carbocycles. The number of hydrogen-bond acceptors (Lipinski definition) is 4. The average Bonchev–Trinajstić information content (AvgIpc) is 2.29. The fourth-order valence-electron chi connectivity index (χ4n) is 1.32. The number of hydrazine groups is 1. The van der Waals surface area contributed by atoms with Crippen LogP contribution in [0.3, 0.4) is 0 Å². The second kappa shape index (κ2) is 4.16. The minimum atomic E-state index is -0.382. The van der Waals surface area contributed by atoms with Gasteiger partial charge < -0.3 is 4.84 Å². The van der Waals surface area contributed by atoms with Crippen LogP contribution < -0.4 is 10.7 Å². The number of carbonyl (C=O) groups is 1. The van der Waals surface area contributed by atoms with Gasteiger partial charge in [0.05, 0.1) is 0 Å². The molecule has 0 radical (unpaired) electrons. The van der Waals surface area contributed by atoms with E-state index in [1.165, 1.54) is 6.92 Å². The molecule has 1 aromatic heterocycles. The van der Waals surface area contributed by atoms with Crippen LogP contribution in [0, 0.1) is 0 Å². The highest BCUT2D eigenvalue weighted by Gasteiger charge is 2.08. The Morgan fingerprint density at radius 1 is 1.38 bits per heavy atom. The van der Waals surface area contributed by atoms with E-state index in [1.807, 2.05) is 24.3 Å². The van der Waals surface area contributed by atoms with Crippen LogP contribution >= 0.6 is 0 Å². The van der Waals surface area contributed by atoms with Gasteiger partial charge in [0.2, 0.25) is 0 Å². The summed E-state index contributed by atoms with van der Waals surface area (Å²) in [7, 11) is 0. The number of hydroxylamine groups is 1. The number of rotatable bonds is 2. The van der Waals surface area contributed by atoms with Crippen LogP contribution in [0.1, 0.15) is 6.92 Å². The zero-order chi connectivity index (χ0) is 11.5. The average molecular weight is 217 g/mol. The summed E-state index contributed by atoms with van der Waals surface area (Å²) in [5.41, 5.74) is 0.668. The van der Waals surface area contributed by atoms with Crippen molar-refractivity contribution in [3.63, 3.8) is 0 Å². The molecule has 5 heteroatoms. The first kappa shape index (κ1) is 10.4. The predicted molar refractivity (Wildman–Crippen MR) is 59.1 cm³/mol. The molecule has 0 aliphatic heterocycles. The van der Waals surface area contributed by atoms with Gasteiger partial charge in [-0.05, 0) is 12.1 Å². The Morgan fingerprint density at radius 2 is 2.12 bits per heavy atom. The van der Waals surface area contributed by atoms with Crippen LogP contribution in [0.5, 0.6) is 5.75 Å². The highest BCUT2D eigenvalue weighted by molar-refractivity contribution is 5.84. The van der Waals surface area contributed by atoms with Crippen LogP contribution in [0.2, 0.25) is 0 Å². The second-order valence-electron chi connectivity index (χ2n) is 3.27. The summed E-state index contributed by atoms with van der Waals surface area (Å²) in [5, 5.41) is 1.61. The zero-order valence-electron chi connectivity index (χ0n) is 8.75. The third-order valence-corrected chi connectivity index (χ3v) is 2.10. The number of nitrogens with zero attached hydrogens (tertiary/aromatic N) is 2. The third kappa shape index (κ3) is 1.94. The van der Waals surface area contributed by atoms with Crippen LogP contribution in [0.15, 0.2) is 36.5 Å². The number of carbonyl (C=O) groups excluding carboxylic acids is 1. The molecule has 0 atom stereocenters. The van der Waals surface area contributed by atoms with Crippen LogP contribution in [0.4, 0.5) is 0 Å². The van der Waals surface area contributed by atoms with Crippen molar-refractivity contribution in [2.24, 2.45) is 5.84 Å². The van der Waals surface area contributed by atoms with Crippen molar-refractivity contribution in [1.29, 1.82) is 0 Å². The zero-order valence-corrected chi connectivity index (χ0v) is 8.75. The lowest BCUT2D eigenvalue weighted by Crippen LogP contribution is -2.38. The van der Waals surface area contributed by atoms with Gasteiger partial charge in [0.25, 0.3) is 5.91 Å². The Bertz CT molecular complexity index is 522. The van der Waals surface area contributed by atoms with Gasteiger partial charge in [0.15, 0.2) is 5.75 Å². The highest BCUT2D eigenvalue weighted by atomic mass is 16.7. The van der Waals surface area contributed by atoms with Crippen molar-refractivity contribution >= 4 is 16.8 Å². The maximum atomic E-state index is 10.9. The molecule has 2 N–H and O–H groups in total. The standard InChI is InChI=1S/C11H11N3O2/c1-8(15)14(12)16-10-6-2-4-9-5-3-7-13-11(9)10/h2-7H,12H2,1H3. The van der Waals surface area contributed by atoms with Gasteiger partial charge in [-0.3, -0.25) is 9.78 Å². The van der Waals surface area contributed by atoms with Gasteiger partial charge in [0.1, 0.15) is 5.52 Å². The molecule has 2 rings (SSSR count). The molecule has 1 amide bonds. The number of aromatic nitrogens is 1. The van der Waals surface area contributed by atoms with E-state index < -0.39 is 0 Å². The Kier molecular flexibility index (Phi) is 2.70. The lowest BCUT2D eigenvalue weighted by Gasteiger charge is -2.15. The molecule has 1 heterocycles. The number of pyridine rings is 1. The monoisotopic (exact) mass is 217 g/mol. The summed E-state index contributed by atoms with van der Waals surface area (Å²) in [6.45, 7) is 1.32. The van der Waals surface area contributed by atoms with Crippen molar-refractivity contribution in [2.45, 2.75) is 6.92 Å². The summed E-state index contributed by atoms with van der Waals surface area (Å²) in [5.74, 6) is 5.45. The van der Waals surface area contributed by atoms with E-state index in [9.17, 15) is 4.79 Å².